The zero-order chi connectivity index (χ0) is 24.0. The average Bonchev–Trinajstić information content (AvgIpc) is 2.80. The zero-order valence-electron chi connectivity index (χ0n) is 17.4. The van der Waals surface area contributed by atoms with E-state index >= 15 is 0 Å². The molecule has 7 N–H and O–H groups in total. The maximum Gasteiger partial charge on any atom is 0.229 e. The van der Waals surface area contributed by atoms with Gasteiger partial charge in [0.1, 0.15) is 53.0 Å². The molecule has 11 heteroatoms. The van der Waals surface area contributed by atoms with Crippen molar-refractivity contribution in [2.24, 2.45) is 0 Å². The number of ketones is 1. The molecule has 0 amide bonds. The van der Waals surface area contributed by atoms with Crippen LogP contribution in [0.15, 0.2) is 30.3 Å². The van der Waals surface area contributed by atoms with Crippen molar-refractivity contribution in [3.05, 3.63) is 47.0 Å². The number of aromatic hydroxyl groups is 2. The molecule has 1 saturated heterocycles. The molecule has 0 spiro atoms. The number of aliphatic hydroxyl groups is 5. The largest absolute Gasteiger partial charge is 0.508 e. The molecule has 7 atom stereocenters. The van der Waals surface area contributed by atoms with E-state index in [1.807, 2.05) is 0 Å². The zero-order valence-corrected chi connectivity index (χ0v) is 17.4. The highest BCUT2D eigenvalue weighted by Crippen LogP contribution is 2.45. The summed E-state index contributed by atoms with van der Waals surface area (Å²) >= 11 is 0. The number of hydrogen-bond acceptors (Lipinski definition) is 11. The molecule has 0 unspecified atom stereocenters. The van der Waals surface area contributed by atoms with Crippen LogP contribution in [0.3, 0.4) is 0 Å². The van der Waals surface area contributed by atoms with E-state index in [9.17, 15) is 40.5 Å². The SMILES string of the molecule is Cc1c(O[C@H]2O[C@@H](CO)[C@H](O)[C@H](O)[C@@H]2O)cc2c(c1O)C(=O)[C@@H](O)[C@@H](c1ccc(O)cc1)O2. The van der Waals surface area contributed by atoms with E-state index in [1.165, 1.54) is 37.3 Å². The molecule has 33 heavy (non-hydrogen) atoms. The Labute approximate surface area is 187 Å². The quantitative estimate of drug-likeness (QED) is 0.302. The van der Waals surface area contributed by atoms with Gasteiger partial charge >= 0.3 is 0 Å². The van der Waals surface area contributed by atoms with Gasteiger partial charge in [-0.25, -0.2) is 0 Å². The van der Waals surface area contributed by atoms with Crippen LogP contribution < -0.4 is 9.47 Å². The number of fused-ring (bicyclic) bond motifs is 1. The highest BCUT2D eigenvalue weighted by molar-refractivity contribution is 6.06. The van der Waals surface area contributed by atoms with Gasteiger partial charge in [-0.2, -0.15) is 0 Å². The van der Waals surface area contributed by atoms with Gasteiger partial charge in [-0.1, -0.05) is 12.1 Å². The minimum absolute atomic E-state index is 0.0146. The summed E-state index contributed by atoms with van der Waals surface area (Å²) in [6, 6.07) is 6.95. The Morgan fingerprint density at radius 1 is 1.00 bits per heavy atom. The molecule has 1 fully saturated rings. The number of phenolic OH excluding ortho intramolecular Hbond substituents is 2. The lowest BCUT2D eigenvalue weighted by atomic mass is 9.91. The maximum absolute atomic E-state index is 12.8. The van der Waals surface area contributed by atoms with Gasteiger partial charge in [0.05, 0.1) is 6.61 Å². The van der Waals surface area contributed by atoms with Crippen molar-refractivity contribution < 1.29 is 54.8 Å². The molecule has 0 radical (unpaired) electrons. The second-order valence-corrected chi connectivity index (χ2v) is 7.98. The molecular formula is C22H24O11. The van der Waals surface area contributed by atoms with Crippen LogP contribution in [-0.2, 0) is 4.74 Å². The highest BCUT2D eigenvalue weighted by Gasteiger charge is 2.45. The number of carbonyl (C=O) groups is 1. The van der Waals surface area contributed by atoms with Gasteiger partial charge in [0, 0.05) is 11.6 Å². The van der Waals surface area contributed by atoms with Gasteiger partial charge < -0.3 is 50.0 Å². The molecule has 0 aliphatic carbocycles. The first-order valence-corrected chi connectivity index (χ1v) is 10.2. The normalized spacial score (nSPS) is 31.6. The van der Waals surface area contributed by atoms with Gasteiger partial charge in [-0.05, 0) is 24.6 Å². The number of rotatable bonds is 4. The highest BCUT2D eigenvalue weighted by atomic mass is 16.7. The topological polar surface area (TPSA) is 186 Å². The Morgan fingerprint density at radius 3 is 2.30 bits per heavy atom. The predicted molar refractivity (Wildman–Crippen MR) is 109 cm³/mol. The van der Waals surface area contributed by atoms with Crippen LogP contribution in [-0.4, -0.2) is 84.9 Å². The van der Waals surface area contributed by atoms with Crippen LogP contribution in [0.2, 0.25) is 0 Å². The van der Waals surface area contributed by atoms with E-state index < -0.39 is 61.1 Å². The molecular weight excluding hydrogens is 440 g/mol. The Bertz CT molecular complexity index is 1040. The van der Waals surface area contributed by atoms with Crippen molar-refractivity contribution in [3.63, 3.8) is 0 Å². The van der Waals surface area contributed by atoms with Crippen molar-refractivity contribution in [1.82, 2.24) is 0 Å². The first-order valence-electron chi connectivity index (χ1n) is 10.2. The lowest BCUT2D eigenvalue weighted by Gasteiger charge is -2.40. The predicted octanol–water partition coefficient (Wildman–Crippen LogP) is -0.738. The fraction of sp³-hybridized carbons (Fsp3) is 0.409. The van der Waals surface area contributed by atoms with E-state index in [4.69, 9.17) is 14.2 Å². The van der Waals surface area contributed by atoms with Crippen molar-refractivity contribution >= 4 is 5.78 Å². The third-order valence-electron chi connectivity index (χ3n) is 5.84. The molecule has 0 bridgehead atoms. The molecule has 2 aliphatic heterocycles. The van der Waals surface area contributed by atoms with Crippen LogP contribution >= 0.6 is 0 Å². The lowest BCUT2D eigenvalue weighted by molar-refractivity contribution is -0.277. The van der Waals surface area contributed by atoms with Crippen LogP contribution in [0.5, 0.6) is 23.0 Å². The summed E-state index contributed by atoms with van der Waals surface area (Å²) in [4.78, 5) is 12.8. The summed E-state index contributed by atoms with van der Waals surface area (Å²) in [5.41, 5.74) is 0.213. The molecule has 178 valence electrons. The summed E-state index contributed by atoms with van der Waals surface area (Å²) in [5.74, 6) is -1.48. The number of hydrogen-bond donors (Lipinski definition) is 7. The Balaban J connectivity index is 1.68. The van der Waals surface area contributed by atoms with Crippen LogP contribution in [0.25, 0.3) is 0 Å². The molecule has 2 aromatic carbocycles. The van der Waals surface area contributed by atoms with Gasteiger partial charge in [0.15, 0.2) is 12.2 Å². The second-order valence-electron chi connectivity index (χ2n) is 7.98. The number of ether oxygens (including phenoxy) is 3. The average molecular weight is 464 g/mol. The lowest BCUT2D eigenvalue weighted by Crippen LogP contribution is -2.60. The summed E-state index contributed by atoms with van der Waals surface area (Å²) in [6.07, 6.45) is -10.4. The van der Waals surface area contributed by atoms with Gasteiger partial charge in [0.2, 0.25) is 12.1 Å². The van der Waals surface area contributed by atoms with E-state index in [2.05, 4.69) is 0 Å². The standard InChI is InChI=1S/C22H24O11/c1-8-11(32-22-20(30)18(28)16(26)13(7-23)33-22)6-12-14(15(8)25)17(27)19(29)21(31-12)9-2-4-10(24)5-3-9/h2-6,13,16,18-26,28-30H,7H2,1H3/t13-,16-,18-,19+,20-,21+,22-/m0/s1. The van der Waals surface area contributed by atoms with Gasteiger partial charge in [-0.3, -0.25) is 4.79 Å². The van der Waals surface area contributed by atoms with Crippen molar-refractivity contribution in [2.45, 2.75) is 49.8 Å². The molecule has 2 aromatic rings. The fourth-order valence-electron chi connectivity index (χ4n) is 3.86. The number of Topliss-reactive ketones (excluding diaryl/α,β-unsaturated/α-hetero) is 1. The van der Waals surface area contributed by atoms with Crippen LogP contribution in [0.4, 0.5) is 0 Å². The van der Waals surface area contributed by atoms with E-state index in [0.29, 0.717) is 5.56 Å². The summed E-state index contributed by atoms with van der Waals surface area (Å²) in [6.45, 7) is 0.768. The third kappa shape index (κ3) is 3.99. The van der Waals surface area contributed by atoms with E-state index in [1.54, 1.807) is 0 Å². The van der Waals surface area contributed by atoms with Crippen molar-refractivity contribution in [2.75, 3.05) is 6.61 Å². The maximum atomic E-state index is 12.8. The minimum atomic E-state index is -1.69. The number of aliphatic hydroxyl groups excluding tert-OH is 5. The number of carbonyl (C=O) groups excluding carboxylic acids is 1. The fourth-order valence-corrected chi connectivity index (χ4v) is 3.86. The van der Waals surface area contributed by atoms with Crippen LogP contribution in [0, 0.1) is 6.92 Å². The first-order chi connectivity index (χ1) is 15.6. The van der Waals surface area contributed by atoms with E-state index in [-0.39, 0.29) is 28.4 Å². The molecule has 11 nitrogen and oxygen atoms in total. The summed E-state index contributed by atoms with van der Waals surface area (Å²) in [5, 5.41) is 70.1. The van der Waals surface area contributed by atoms with Gasteiger partial charge in [-0.15, -0.1) is 0 Å². The minimum Gasteiger partial charge on any atom is -0.508 e. The smallest absolute Gasteiger partial charge is 0.229 e. The molecule has 0 aromatic heterocycles. The molecule has 4 rings (SSSR count). The van der Waals surface area contributed by atoms with Gasteiger partial charge in [0.25, 0.3) is 0 Å². The monoisotopic (exact) mass is 464 g/mol. The summed E-state index contributed by atoms with van der Waals surface area (Å²) in [7, 11) is 0. The van der Waals surface area contributed by atoms with E-state index in [0.717, 1.165) is 0 Å². The molecule has 2 aliphatic rings. The molecule has 0 saturated carbocycles. The Kier molecular flexibility index (Phi) is 6.18. The number of benzene rings is 2. The first kappa shape index (κ1) is 23.2. The van der Waals surface area contributed by atoms with Crippen molar-refractivity contribution in [1.29, 1.82) is 0 Å². The summed E-state index contributed by atoms with van der Waals surface area (Å²) < 4.78 is 16.7. The number of phenols is 2. The molecule has 2 heterocycles. The third-order valence-corrected chi connectivity index (χ3v) is 5.84. The Morgan fingerprint density at radius 2 is 1.67 bits per heavy atom. The Hall–Kier alpha value is -2.93. The van der Waals surface area contributed by atoms with Crippen LogP contribution in [0.1, 0.15) is 27.6 Å². The van der Waals surface area contributed by atoms with Crippen molar-refractivity contribution in [3.8, 4) is 23.0 Å². The second kappa shape index (κ2) is 8.78.